The van der Waals surface area contributed by atoms with E-state index in [0.717, 1.165) is 5.69 Å². The average molecular weight is 363 g/mol. The van der Waals surface area contributed by atoms with Gasteiger partial charge in [0.05, 0.1) is 4.92 Å². The third-order valence-corrected chi connectivity index (χ3v) is 6.08. The van der Waals surface area contributed by atoms with Crippen molar-refractivity contribution in [3.63, 3.8) is 0 Å². The molecule has 1 N–H and O–H groups in total. The van der Waals surface area contributed by atoms with E-state index < -0.39 is 20.6 Å². The highest BCUT2D eigenvalue weighted by Crippen LogP contribution is 2.28. The molecular weight excluding hydrogens is 346 g/mol. The fourth-order valence-electron chi connectivity index (χ4n) is 2.82. The summed E-state index contributed by atoms with van der Waals surface area (Å²) in [5.41, 5.74) is 0.476. The van der Waals surface area contributed by atoms with E-state index >= 15 is 0 Å². The van der Waals surface area contributed by atoms with Gasteiger partial charge in [0.2, 0.25) is 10.0 Å². The molecule has 2 aromatic carbocycles. The number of phenolic OH excluding ortho intramolecular Hbond substituents is 1. The number of phenols is 1. The minimum absolute atomic E-state index is 0.168. The normalized spacial score (nSPS) is 15.9. The molecule has 0 radical (unpaired) electrons. The number of anilines is 1. The van der Waals surface area contributed by atoms with Gasteiger partial charge < -0.3 is 10.0 Å². The maximum absolute atomic E-state index is 12.8. The number of aromatic hydroxyl groups is 1. The van der Waals surface area contributed by atoms with Gasteiger partial charge in [0.25, 0.3) is 5.69 Å². The smallest absolute Gasteiger partial charge is 0.289 e. The largest absolute Gasteiger partial charge is 0.508 e. The second-order valence-electron chi connectivity index (χ2n) is 5.63. The van der Waals surface area contributed by atoms with Crippen molar-refractivity contribution < 1.29 is 18.4 Å². The van der Waals surface area contributed by atoms with Crippen LogP contribution in [0.5, 0.6) is 5.75 Å². The van der Waals surface area contributed by atoms with Crippen LogP contribution in [-0.4, -0.2) is 48.9 Å². The summed E-state index contributed by atoms with van der Waals surface area (Å²) in [4.78, 5) is 12.2. The third kappa shape index (κ3) is 3.42. The molecule has 9 heteroatoms. The average Bonchev–Trinajstić information content (AvgIpc) is 2.62. The lowest BCUT2D eigenvalue weighted by Gasteiger charge is -2.35. The van der Waals surface area contributed by atoms with E-state index in [1.54, 1.807) is 24.3 Å². The molecule has 1 aliphatic rings. The van der Waals surface area contributed by atoms with Gasteiger partial charge in [-0.15, -0.1) is 0 Å². The number of nitro benzene ring substituents is 1. The van der Waals surface area contributed by atoms with E-state index in [9.17, 15) is 23.6 Å². The standard InChI is InChI=1S/C16H17N3O5S/c20-14-7-5-13(6-8-14)17-9-11-18(12-10-17)25(23,24)16-4-2-1-3-15(16)19(21)22/h1-8,20H,9-12H2. The minimum Gasteiger partial charge on any atom is -0.508 e. The highest BCUT2D eigenvalue weighted by atomic mass is 32.2. The number of para-hydroxylation sites is 1. The molecule has 0 saturated carbocycles. The molecule has 8 nitrogen and oxygen atoms in total. The first-order chi connectivity index (χ1) is 11.9. The maximum Gasteiger partial charge on any atom is 0.289 e. The molecule has 0 aromatic heterocycles. The number of nitrogens with zero attached hydrogens (tertiary/aromatic N) is 3. The van der Waals surface area contributed by atoms with Gasteiger partial charge in [0.1, 0.15) is 5.75 Å². The van der Waals surface area contributed by atoms with Crippen molar-refractivity contribution >= 4 is 21.4 Å². The van der Waals surface area contributed by atoms with Crippen molar-refractivity contribution in [1.29, 1.82) is 0 Å². The Bertz CT molecular complexity index is 875. The fourth-order valence-corrected chi connectivity index (χ4v) is 4.39. The quantitative estimate of drug-likeness (QED) is 0.656. The number of nitro groups is 1. The number of rotatable bonds is 4. The van der Waals surface area contributed by atoms with Crippen LogP contribution in [0.2, 0.25) is 0 Å². The predicted octanol–water partition coefficient (Wildman–Crippen LogP) is 1.81. The second kappa shape index (κ2) is 6.69. The predicted molar refractivity (Wildman–Crippen MR) is 92.2 cm³/mol. The Morgan fingerprint density at radius 2 is 1.56 bits per heavy atom. The first-order valence-corrected chi connectivity index (χ1v) is 9.11. The molecule has 0 aliphatic carbocycles. The van der Waals surface area contributed by atoms with Crippen molar-refractivity contribution in [2.75, 3.05) is 31.1 Å². The van der Waals surface area contributed by atoms with Crippen molar-refractivity contribution in [1.82, 2.24) is 4.31 Å². The Morgan fingerprint density at radius 3 is 2.16 bits per heavy atom. The lowest BCUT2D eigenvalue weighted by molar-refractivity contribution is -0.387. The first kappa shape index (κ1) is 17.2. The van der Waals surface area contributed by atoms with Crippen LogP contribution in [0, 0.1) is 10.1 Å². The molecule has 0 bridgehead atoms. The summed E-state index contributed by atoms with van der Waals surface area (Å²) >= 11 is 0. The lowest BCUT2D eigenvalue weighted by atomic mass is 10.2. The van der Waals surface area contributed by atoms with Gasteiger partial charge in [-0.2, -0.15) is 4.31 Å². The highest BCUT2D eigenvalue weighted by Gasteiger charge is 2.33. The number of hydrogen-bond donors (Lipinski definition) is 1. The number of hydrogen-bond acceptors (Lipinski definition) is 6. The molecule has 0 spiro atoms. The Balaban J connectivity index is 1.78. The molecule has 25 heavy (non-hydrogen) atoms. The number of sulfonamides is 1. The van der Waals surface area contributed by atoms with Gasteiger partial charge in [-0.1, -0.05) is 12.1 Å². The first-order valence-electron chi connectivity index (χ1n) is 7.67. The Morgan fingerprint density at radius 1 is 0.960 bits per heavy atom. The van der Waals surface area contributed by atoms with E-state index in [2.05, 4.69) is 0 Å². The molecule has 0 unspecified atom stereocenters. The van der Waals surface area contributed by atoms with Gasteiger partial charge in [-0.3, -0.25) is 10.1 Å². The van der Waals surface area contributed by atoms with E-state index in [-0.39, 0.29) is 23.7 Å². The summed E-state index contributed by atoms with van der Waals surface area (Å²) in [6.07, 6.45) is 0. The van der Waals surface area contributed by atoms with Crippen molar-refractivity contribution in [2.45, 2.75) is 4.90 Å². The van der Waals surface area contributed by atoms with E-state index in [1.165, 1.54) is 28.6 Å². The highest BCUT2D eigenvalue weighted by molar-refractivity contribution is 7.89. The third-order valence-electron chi connectivity index (χ3n) is 4.13. The van der Waals surface area contributed by atoms with Gasteiger partial charge >= 0.3 is 0 Å². The van der Waals surface area contributed by atoms with E-state index in [0.29, 0.717) is 13.1 Å². The van der Waals surface area contributed by atoms with Crippen molar-refractivity contribution in [3.05, 3.63) is 58.6 Å². The molecule has 1 saturated heterocycles. The van der Waals surface area contributed by atoms with E-state index in [4.69, 9.17) is 0 Å². The molecule has 0 atom stereocenters. The van der Waals surface area contributed by atoms with Crippen LogP contribution in [0.15, 0.2) is 53.4 Å². The Kier molecular flexibility index (Phi) is 4.60. The second-order valence-corrected chi connectivity index (χ2v) is 7.54. The molecule has 0 amide bonds. The maximum atomic E-state index is 12.8. The van der Waals surface area contributed by atoms with E-state index in [1.807, 2.05) is 4.90 Å². The lowest BCUT2D eigenvalue weighted by Crippen LogP contribution is -2.48. The van der Waals surface area contributed by atoms with Crippen LogP contribution >= 0.6 is 0 Å². The molecular formula is C16H17N3O5S. The fraction of sp³-hybridized carbons (Fsp3) is 0.250. The number of piperazine rings is 1. The van der Waals surface area contributed by atoms with Gasteiger partial charge in [0.15, 0.2) is 4.90 Å². The summed E-state index contributed by atoms with van der Waals surface area (Å²) in [6.45, 7) is 1.39. The van der Waals surface area contributed by atoms with Gasteiger partial charge in [-0.25, -0.2) is 8.42 Å². The summed E-state index contributed by atoms with van der Waals surface area (Å²) in [6, 6.07) is 12.1. The van der Waals surface area contributed by atoms with Gasteiger partial charge in [0, 0.05) is 37.9 Å². The molecule has 2 aromatic rings. The number of benzene rings is 2. The molecule has 3 rings (SSSR count). The Labute approximate surface area is 145 Å². The SMILES string of the molecule is O=[N+]([O-])c1ccccc1S(=O)(=O)N1CCN(c2ccc(O)cc2)CC1. The summed E-state index contributed by atoms with van der Waals surface area (Å²) in [7, 11) is -3.93. The van der Waals surface area contributed by atoms with Crippen molar-refractivity contribution in [2.24, 2.45) is 0 Å². The van der Waals surface area contributed by atoms with Crippen LogP contribution in [0.3, 0.4) is 0 Å². The zero-order valence-electron chi connectivity index (χ0n) is 13.3. The van der Waals surface area contributed by atoms with Crippen LogP contribution in [0.25, 0.3) is 0 Å². The monoisotopic (exact) mass is 363 g/mol. The molecule has 1 heterocycles. The molecule has 132 valence electrons. The van der Waals surface area contributed by atoms with Crippen LogP contribution in [0.4, 0.5) is 11.4 Å². The van der Waals surface area contributed by atoms with Crippen molar-refractivity contribution in [3.8, 4) is 5.75 Å². The summed E-state index contributed by atoms with van der Waals surface area (Å²) < 4.78 is 26.8. The van der Waals surface area contributed by atoms with Crippen LogP contribution in [0.1, 0.15) is 0 Å². The van der Waals surface area contributed by atoms with Crippen LogP contribution in [-0.2, 0) is 10.0 Å². The molecule has 1 fully saturated rings. The minimum atomic E-state index is -3.93. The zero-order chi connectivity index (χ0) is 18.0. The zero-order valence-corrected chi connectivity index (χ0v) is 14.1. The Hall–Kier alpha value is -2.65. The molecule has 1 aliphatic heterocycles. The topological polar surface area (TPSA) is 104 Å². The summed E-state index contributed by atoms with van der Waals surface area (Å²) in [5, 5.41) is 20.4. The van der Waals surface area contributed by atoms with Crippen LogP contribution < -0.4 is 4.90 Å². The summed E-state index contributed by atoms with van der Waals surface area (Å²) in [5.74, 6) is 0.168. The van der Waals surface area contributed by atoms with Gasteiger partial charge in [-0.05, 0) is 30.3 Å².